The summed E-state index contributed by atoms with van der Waals surface area (Å²) < 4.78 is 0. The molecule has 2 aromatic carbocycles. The largest absolute Gasteiger partial charge is 0.304 e. The summed E-state index contributed by atoms with van der Waals surface area (Å²) in [5.41, 5.74) is 1.82. The predicted octanol–water partition coefficient (Wildman–Crippen LogP) is 2.30. The molecule has 158 valence electrons. The fourth-order valence-electron chi connectivity index (χ4n) is 3.63. The van der Waals surface area contributed by atoms with E-state index in [9.17, 15) is 24.5 Å². The third-order valence-corrected chi connectivity index (χ3v) is 6.14. The minimum absolute atomic E-state index is 0.0455. The molecule has 11 heteroatoms. The van der Waals surface area contributed by atoms with Gasteiger partial charge in [-0.25, -0.2) is 0 Å². The van der Waals surface area contributed by atoms with Gasteiger partial charge in [-0.1, -0.05) is 30.3 Å². The molecule has 3 amide bonds. The van der Waals surface area contributed by atoms with Crippen LogP contribution in [0.25, 0.3) is 0 Å². The predicted molar refractivity (Wildman–Crippen MR) is 114 cm³/mol. The van der Waals surface area contributed by atoms with E-state index < -0.39 is 21.6 Å². The molecule has 1 spiro atoms. The van der Waals surface area contributed by atoms with Crippen LogP contribution < -0.4 is 10.2 Å². The van der Waals surface area contributed by atoms with E-state index in [1.54, 1.807) is 36.4 Å². The Balaban J connectivity index is 1.75. The van der Waals surface area contributed by atoms with Gasteiger partial charge in [-0.05, 0) is 23.4 Å². The number of para-hydroxylation sites is 1. The van der Waals surface area contributed by atoms with Crippen LogP contribution in [0.1, 0.15) is 25.0 Å². The summed E-state index contributed by atoms with van der Waals surface area (Å²) >= 11 is 0.999. The lowest BCUT2D eigenvalue weighted by Gasteiger charge is -2.29. The minimum Gasteiger partial charge on any atom is -0.304 e. The van der Waals surface area contributed by atoms with Crippen molar-refractivity contribution in [2.24, 2.45) is 5.10 Å². The van der Waals surface area contributed by atoms with Crippen LogP contribution >= 0.6 is 11.8 Å². The third kappa shape index (κ3) is 3.32. The van der Waals surface area contributed by atoms with Crippen molar-refractivity contribution in [1.29, 1.82) is 0 Å². The Morgan fingerprint density at radius 1 is 1.16 bits per heavy atom. The van der Waals surface area contributed by atoms with E-state index in [0.29, 0.717) is 16.8 Å². The van der Waals surface area contributed by atoms with Crippen molar-refractivity contribution in [2.45, 2.75) is 25.3 Å². The zero-order chi connectivity index (χ0) is 22.3. The number of hydrogen-bond acceptors (Lipinski definition) is 7. The molecular formula is C20H17N5O5S. The van der Waals surface area contributed by atoms with Gasteiger partial charge >= 0.3 is 0 Å². The van der Waals surface area contributed by atoms with Gasteiger partial charge in [0.05, 0.1) is 17.2 Å². The molecular weight excluding hydrogens is 422 g/mol. The van der Waals surface area contributed by atoms with Crippen LogP contribution in [-0.4, -0.2) is 32.8 Å². The number of rotatable bonds is 3. The number of fused-ring (bicyclic) bond motifs is 2. The van der Waals surface area contributed by atoms with Crippen LogP contribution in [0, 0.1) is 10.1 Å². The number of anilines is 1. The molecule has 2 heterocycles. The number of nitrogens with zero attached hydrogens (tertiary/aromatic N) is 4. The maximum absolute atomic E-state index is 13.7. The van der Waals surface area contributed by atoms with Gasteiger partial charge in [0.25, 0.3) is 11.6 Å². The molecule has 4 rings (SSSR count). The summed E-state index contributed by atoms with van der Waals surface area (Å²) in [6.07, 6.45) is 0. The van der Waals surface area contributed by atoms with Crippen molar-refractivity contribution in [3.05, 3.63) is 69.8 Å². The van der Waals surface area contributed by atoms with E-state index in [1.807, 2.05) is 0 Å². The van der Waals surface area contributed by atoms with Crippen molar-refractivity contribution in [3.8, 4) is 0 Å². The number of thioether (sulfide) groups is 1. The standard InChI is InChI=1S/C20H17N5O5S/c1-12(26)21-19-22-24(13(2)27)20(31-19)16-5-3-4-6-17(16)23(18(20)28)11-14-7-9-15(10-8-14)25(29)30/h3-10H,11H2,1-2H3,(H,21,22,26). The van der Waals surface area contributed by atoms with Crippen molar-refractivity contribution >= 4 is 46.0 Å². The molecule has 2 aliphatic rings. The smallest absolute Gasteiger partial charge is 0.271 e. The molecule has 0 saturated carbocycles. The summed E-state index contributed by atoms with van der Waals surface area (Å²) in [5.74, 6) is -1.21. The minimum atomic E-state index is -1.47. The quantitative estimate of drug-likeness (QED) is 0.578. The average molecular weight is 439 g/mol. The number of hydrogen-bond donors (Lipinski definition) is 1. The van der Waals surface area contributed by atoms with Gasteiger partial charge in [-0.15, -0.1) is 5.10 Å². The zero-order valence-corrected chi connectivity index (χ0v) is 17.4. The number of nitrogens with one attached hydrogen (secondary N) is 1. The summed E-state index contributed by atoms with van der Waals surface area (Å²) in [7, 11) is 0. The highest BCUT2D eigenvalue weighted by Crippen LogP contribution is 2.54. The first-order chi connectivity index (χ1) is 14.7. The summed E-state index contributed by atoms with van der Waals surface area (Å²) in [6, 6.07) is 13.0. The normalized spacial score (nSPS) is 19.4. The van der Waals surface area contributed by atoms with Crippen LogP contribution in [-0.2, 0) is 25.8 Å². The van der Waals surface area contributed by atoms with Gasteiger partial charge in [-0.2, -0.15) is 5.01 Å². The highest BCUT2D eigenvalue weighted by molar-refractivity contribution is 8.15. The molecule has 0 fully saturated rings. The van der Waals surface area contributed by atoms with Crippen LogP contribution in [0.15, 0.2) is 53.6 Å². The molecule has 0 aliphatic carbocycles. The van der Waals surface area contributed by atoms with Gasteiger partial charge in [0, 0.05) is 31.5 Å². The number of carbonyl (C=O) groups excluding carboxylic acids is 3. The van der Waals surface area contributed by atoms with Gasteiger partial charge in [0.1, 0.15) is 0 Å². The topological polar surface area (TPSA) is 125 Å². The first-order valence-corrected chi connectivity index (χ1v) is 10.1. The second kappa shape index (κ2) is 7.51. The van der Waals surface area contributed by atoms with Gasteiger partial charge in [0.15, 0.2) is 5.17 Å². The van der Waals surface area contributed by atoms with E-state index in [2.05, 4.69) is 10.4 Å². The Labute approximate surface area is 181 Å². The summed E-state index contributed by atoms with van der Waals surface area (Å²) in [6.45, 7) is 2.77. The third-order valence-electron chi connectivity index (χ3n) is 4.90. The molecule has 2 aliphatic heterocycles. The number of amidine groups is 1. The Hall–Kier alpha value is -3.73. The Morgan fingerprint density at radius 3 is 2.45 bits per heavy atom. The molecule has 2 aromatic rings. The van der Waals surface area contributed by atoms with E-state index >= 15 is 0 Å². The Morgan fingerprint density at radius 2 is 1.84 bits per heavy atom. The number of carbonyl (C=O) groups is 3. The molecule has 10 nitrogen and oxygen atoms in total. The highest BCUT2D eigenvalue weighted by atomic mass is 32.2. The Bertz CT molecular complexity index is 1150. The van der Waals surface area contributed by atoms with Crippen molar-refractivity contribution in [2.75, 3.05) is 4.90 Å². The van der Waals surface area contributed by atoms with Crippen molar-refractivity contribution in [3.63, 3.8) is 0 Å². The monoisotopic (exact) mass is 439 g/mol. The van der Waals surface area contributed by atoms with Crippen molar-refractivity contribution < 1.29 is 19.3 Å². The zero-order valence-electron chi connectivity index (χ0n) is 16.6. The number of nitro groups is 1. The van der Waals surface area contributed by atoms with E-state index in [4.69, 9.17) is 0 Å². The molecule has 0 aromatic heterocycles. The number of hydrazone groups is 1. The molecule has 1 unspecified atom stereocenters. The SMILES string of the molecule is CC(=O)NC1=NN(C(C)=O)C2(S1)C(=O)N(Cc1ccc([N+](=O)[O-])cc1)c1ccccc12. The lowest BCUT2D eigenvalue weighted by atomic mass is 10.1. The molecule has 0 saturated heterocycles. The highest BCUT2D eigenvalue weighted by Gasteiger charge is 2.61. The van der Waals surface area contributed by atoms with E-state index in [1.165, 1.54) is 30.9 Å². The number of benzene rings is 2. The summed E-state index contributed by atoms with van der Waals surface area (Å²) in [4.78, 5) is 48.1. The average Bonchev–Trinajstić information content (AvgIpc) is 3.21. The molecule has 0 bridgehead atoms. The maximum Gasteiger partial charge on any atom is 0.271 e. The van der Waals surface area contributed by atoms with Crippen LogP contribution in [0.5, 0.6) is 0 Å². The molecule has 0 radical (unpaired) electrons. The number of nitro benzene ring substituents is 1. The van der Waals surface area contributed by atoms with Crippen LogP contribution in [0.4, 0.5) is 11.4 Å². The van der Waals surface area contributed by atoms with Gasteiger partial charge in [-0.3, -0.25) is 24.5 Å². The second-order valence-electron chi connectivity index (χ2n) is 7.00. The van der Waals surface area contributed by atoms with Gasteiger partial charge in [0.2, 0.25) is 16.7 Å². The summed E-state index contributed by atoms with van der Waals surface area (Å²) in [5, 5.41) is 18.9. The van der Waals surface area contributed by atoms with Gasteiger partial charge < -0.3 is 10.2 Å². The molecule has 1 N–H and O–H groups in total. The lowest BCUT2D eigenvalue weighted by molar-refractivity contribution is -0.384. The molecule has 1 atom stereocenters. The first-order valence-electron chi connectivity index (χ1n) is 9.25. The number of non-ortho nitro benzene ring substituents is 1. The fourth-order valence-corrected chi connectivity index (χ4v) is 4.96. The lowest BCUT2D eigenvalue weighted by Crippen LogP contribution is -2.48. The van der Waals surface area contributed by atoms with E-state index in [0.717, 1.165) is 16.8 Å². The second-order valence-corrected chi connectivity index (χ2v) is 8.18. The molecule has 31 heavy (non-hydrogen) atoms. The Kier molecular flexibility index (Phi) is 4.97. The first kappa shape index (κ1) is 20.5. The van der Waals surface area contributed by atoms with Crippen molar-refractivity contribution in [1.82, 2.24) is 10.3 Å². The maximum atomic E-state index is 13.7. The number of amides is 3. The van der Waals surface area contributed by atoms with Crippen LogP contribution in [0.3, 0.4) is 0 Å². The van der Waals surface area contributed by atoms with Crippen LogP contribution in [0.2, 0.25) is 0 Å². The van der Waals surface area contributed by atoms with E-state index in [-0.39, 0.29) is 23.3 Å². The fraction of sp³-hybridized carbons (Fsp3) is 0.200.